The molecule has 2 N–H and O–H groups in total. The molecule has 0 spiro atoms. The summed E-state index contributed by atoms with van der Waals surface area (Å²) in [7, 11) is -2.12. The van der Waals surface area contributed by atoms with Crippen LogP contribution in [0.3, 0.4) is 0 Å². The molecule has 0 amide bonds. The minimum atomic E-state index is -3.64. The maximum absolute atomic E-state index is 12.3. The maximum Gasteiger partial charge on any atom is 0.240 e. The number of pyridine rings is 1. The fourth-order valence-corrected chi connectivity index (χ4v) is 2.99. The predicted octanol–water partition coefficient (Wildman–Crippen LogP) is 1.35. The average Bonchev–Trinajstić information content (AvgIpc) is 3.10. The lowest BCUT2D eigenvalue weighted by Crippen LogP contribution is -2.23. The van der Waals surface area contributed by atoms with Crippen molar-refractivity contribution in [3.63, 3.8) is 0 Å². The molecular weight excluding hydrogens is 330 g/mol. The van der Waals surface area contributed by atoms with Gasteiger partial charge in [0.25, 0.3) is 0 Å². The second-order valence-electron chi connectivity index (χ2n) is 4.84. The average molecular weight is 345 g/mol. The molecule has 0 saturated heterocycles. The van der Waals surface area contributed by atoms with Crippen LogP contribution >= 0.6 is 0 Å². The molecule has 2 heterocycles. The van der Waals surface area contributed by atoms with Crippen molar-refractivity contribution in [2.45, 2.75) is 11.4 Å². The van der Waals surface area contributed by atoms with Gasteiger partial charge in [-0.05, 0) is 36.4 Å². The number of sulfonamides is 1. The lowest BCUT2D eigenvalue weighted by Gasteiger charge is -2.06. The van der Waals surface area contributed by atoms with Gasteiger partial charge >= 0.3 is 0 Å². The monoisotopic (exact) mass is 345 g/mol. The number of ether oxygens (including phenoxy) is 1. The van der Waals surface area contributed by atoms with Crippen molar-refractivity contribution in [1.29, 1.82) is 0 Å². The molecule has 0 fully saturated rings. The molecule has 1 aromatic carbocycles. The van der Waals surface area contributed by atoms with Gasteiger partial charge in [-0.2, -0.15) is 5.10 Å². The van der Waals surface area contributed by atoms with Gasteiger partial charge in [0.2, 0.25) is 10.0 Å². The Morgan fingerprint density at radius 3 is 2.50 bits per heavy atom. The van der Waals surface area contributed by atoms with Crippen molar-refractivity contribution in [3.8, 4) is 17.1 Å². The summed E-state index contributed by atoms with van der Waals surface area (Å²) < 4.78 is 32.0. The van der Waals surface area contributed by atoms with Crippen molar-refractivity contribution in [3.05, 3.63) is 54.6 Å². The van der Waals surface area contributed by atoms with Crippen molar-refractivity contribution >= 4 is 10.0 Å². The number of H-pyrrole nitrogens is 1. The zero-order valence-corrected chi connectivity index (χ0v) is 13.6. The van der Waals surface area contributed by atoms with E-state index < -0.39 is 10.0 Å². The molecule has 0 radical (unpaired) electrons. The van der Waals surface area contributed by atoms with E-state index in [9.17, 15) is 8.42 Å². The molecule has 0 saturated carbocycles. The summed E-state index contributed by atoms with van der Waals surface area (Å²) in [5.41, 5.74) is 0.797. The third-order valence-corrected chi connectivity index (χ3v) is 4.69. The molecule has 8 nitrogen and oxygen atoms in total. The first-order chi connectivity index (χ1) is 11.6. The first-order valence-electron chi connectivity index (χ1n) is 7.04. The van der Waals surface area contributed by atoms with Gasteiger partial charge in [-0.15, -0.1) is 0 Å². The molecule has 9 heteroatoms. The molecule has 0 atom stereocenters. The van der Waals surface area contributed by atoms with Crippen LogP contribution in [0, 0.1) is 0 Å². The van der Waals surface area contributed by atoms with E-state index in [2.05, 4.69) is 24.9 Å². The highest BCUT2D eigenvalue weighted by molar-refractivity contribution is 7.89. The quantitative estimate of drug-likeness (QED) is 0.698. The minimum absolute atomic E-state index is 0.00639. The van der Waals surface area contributed by atoms with Crippen LogP contribution in [0.2, 0.25) is 0 Å². The summed E-state index contributed by atoms with van der Waals surface area (Å²) in [5, 5.41) is 6.79. The summed E-state index contributed by atoms with van der Waals surface area (Å²) in [6, 6.07) is 9.67. The normalized spacial score (nSPS) is 11.4. The third kappa shape index (κ3) is 3.58. The Hall–Kier alpha value is -2.78. The predicted molar refractivity (Wildman–Crippen MR) is 86.6 cm³/mol. The SMILES string of the molecule is COc1ccc(S(=O)(=O)NCc2nc(-c3ccncc3)n[nH]2)cc1. The number of aromatic amines is 1. The van der Waals surface area contributed by atoms with E-state index in [1.807, 2.05) is 0 Å². The maximum atomic E-state index is 12.3. The second-order valence-corrected chi connectivity index (χ2v) is 6.61. The number of hydrogen-bond acceptors (Lipinski definition) is 6. The molecular formula is C15H15N5O3S. The second kappa shape index (κ2) is 6.77. The van der Waals surface area contributed by atoms with Crippen molar-refractivity contribution in [1.82, 2.24) is 24.9 Å². The van der Waals surface area contributed by atoms with Gasteiger partial charge in [-0.25, -0.2) is 18.1 Å². The molecule has 0 aliphatic rings. The number of methoxy groups -OCH3 is 1. The van der Waals surface area contributed by atoms with E-state index in [-0.39, 0.29) is 11.4 Å². The van der Waals surface area contributed by atoms with E-state index in [4.69, 9.17) is 4.74 Å². The van der Waals surface area contributed by atoms with Crippen molar-refractivity contribution in [2.75, 3.05) is 7.11 Å². The van der Waals surface area contributed by atoms with Crippen molar-refractivity contribution < 1.29 is 13.2 Å². The van der Waals surface area contributed by atoms with Gasteiger partial charge in [0, 0.05) is 18.0 Å². The van der Waals surface area contributed by atoms with Gasteiger partial charge in [-0.3, -0.25) is 10.1 Å². The fraction of sp³-hybridized carbons (Fsp3) is 0.133. The van der Waals surface area contributed by atoms with Crippen LogP contribution in [-0.4, -0.2) is 35.7 Å². The molecule has 0 aliphatic carbocycles. The van der Waals surface area contributed by atoms with Crippen LogP contribution in [0.4, 0.5) is 0 Å². The van der Waals surface area contributed by atoms with Gasteiger partial charge in [0.1, 0.15) is 11.6 Å². The van der Waals surface area contributed by atoms with Gasteiger partial charge in [0.15, 0.2) is 5.82 Å². The van der Waals surface area contributed by atoms with Crippen LogP contribution in [-0.2, 0) is 16.6 Å². The molecule has 2 aromatic heterocycles. The zero-order chi connectivity index (χ0) is 17.0. The van der Waals surface area contributed by atoms with E-state index in [1.165, 1.54) is 19.2 Å². The highest BCUT2D eigenvalue weighted by atomic mass is 32.2. The van der Waals surface area contributed by atoms with Crippen LogP contribution in [0.1, 0.15) is 5.82 Å². The topological polar surface area (TPSA) is 110 Å². The number of hydrogen-bond donors (Lipinski definition) is 2. The zero-order valence-electron chi connectivity index (χ0n) is 12.8. The lowest BCUT2D eigenvalue weighted by atomic mass is 10.2. The van der Waals surface area contributed by atoms with Crippen LogP contribution < -0.4 is 9.46 Å². The lowest BCUT2D eigenvalue weighted by molar-refractivity contribution is 0.414. The smallest absolute Gasteiger partial charge is 0.240 e. The Kier molecular flexibility index (Phi) is 4.54. The Balaban J connectivity index is 1.69. The summed E-state index contributed by atoms with van der Waals surface area (Å²) >= 11 is 0. The first kappa shape index (κ1) is 16.1. The van der Waals surface area contributed by atoms with E-state index in [0.29, 0.717) is 17.4 Å². The Labute approximate surface area is 139 Å². The summed E-state index contributed by atoms with van der Waals surface area (Å²) in [6.07, 6.45) is 3.27. The van der Waals surface area contributed by atoms with Gasteiger partial charge in [0.05, 0.1) is 18.6 Å². The Morgan fingerprint density at radius 1 is 1.12 bits per heavy atom. The van der Waals surface area contributed by atoms with E-state index in [0.717, 1.165) is 5.56 Å². The summed E-state index contributed by atoms with van der Waals surface area (Å²) in [4.78, 5) is 8.34. The molecule has 3 rings (SSSR count). The van der Waals surface area contributed by atoms with Gasteiger partial charge < -0.3 is 4.74 Å². The molecule has 124 valence electrons. The van der Waals surface area contributed by atoms with E-state index >= 15 is 0 Å². The fourth-order valence-electron chi connectivity index (χ4n) is 2.01. The first-order valence-corrected chi connectivity index (χ1v) is 8.52. The van der Waals surface area contributed by atoms with Crippen LogP contribution in [0.15, 0.2) is 53.7 Å². The Morgan fingerprint density at radius 2 is 1.83 bits per heavy atom. The molecule has 24 heavy (non-hydrogen) atoms. The number of nitrogens with one attached hydrogen (secondary N) is 2. The number of nitrogens with zero attached hydrogens (tertiary/aromatic N) is 3. The summed E-state index contributed by atoms with van der Waals surface area (Å²) in [5.74, 6) is 1.49. The number of benzene rings is 1. The standard InChI is InChI=1S/C15H15N5O3S/c1-23-12-2-4-13(5-3-12)24(21,22)17-10-14-18-15(20-19-14)11-6-8-16-9-7-11/h2-9,17H,10H2,1H3,(H,18,19,20). The highest BCUT2D eigenvalue weighted by Crippen LogP contribution is 2.16. The van der Waals surface area contributed by atoms with Crippen molar-refractivity contribution in [2.24, 2.45) is 0 Å². The van der Waals surface area contributed by atoms with Crippen LogP contribution in [0.5, 0.6) is 5.75 Å². The van der Waals surface area contributed by atoms with E-state index in [1.54, 1.807) is 36.7 Å². The number of rotatable bonds is 6. The third-order valence-electron chi connectivity index (χ3n) is 3.27. The minimum Gasteiger partial charge on any atom is -0.497 e. The molecule has 0 unspecified atom stereocenters. The highest BCUT2D eigenvalue weighted by Gasteiger charge is 2.15. The molecule has 3 aromatic rings. The summed E-state index contributed by atoms with van der Waals surface area (Å²) in [6.45, 7) is 0.00639. The molecule has 0 bridgehead atoms. The molecule has 0 aliphatic heterocycles. The van der Waals surface area contributed by atoms with Crippen LogP contribution in [0.25, 0.3) is 11.4 Å². The largest absolute Gasteiger partial charge is 0.497 e. The van der Waals surface area contributed by atoms with Gasteiger partial charge in [-0.1, -0.05) is 0 Å². The number of aromatic nitrogens is 4. The Bertz CT molecular complexity index is 908.